The number of fused-ring (bicyclic) bond motifs is 1. The monoisotopic (exact) mass is 533 g/mol. The molecule has 3 heterocycles. The number of rotatable bonds is 8. The number of nitrogens with two attached hydrogens (primary N) is 1. The molecule has 3 aromatic rings. The number of aliphatic hydroxyl groups is 2. The first kappa shape index (κ1) is 27.4. The van der Waals surface area contributed by atoms with Crippen molar-refractivity contribution in [1.82, 2.24) is 19.5 Å². The molecule has 1 saturated heterocycles. The van der Waals surface area contributed by atoms with Gasteiger partial charge in [0.25, 0.3) is 10.1 Å². The Labute approximate surface area is 216 Å². The highest BCUT2D eigenvalue weighted by Crippen LogP contribution is 2.39. The standard InChI is InChI=1S/C25H35N5O6S/c1-12(2)15-7-16(13(3)4)22(17(8-15)14(5)6)37(33,34)36-21-18(9-31)35-25(20(21)32)30-11-29-19-23(26)27-10-28-24(19)30/h7-8,10-14,18,20-21,25,31-32H,9H2,1-6H3,(H2,26,27,28)/t18-,20-,21-,25-/m1/s1. The topological polar surface area (TPSA) is 163 Å². The molecule has 0 bridgehead atoms. The van der Waals surface area contributed by atoms with Crippen LogP contribution < -0.4 is 5.73 Å². The zero-order chi connectivity index (χ0) is 27.2. The highest BCUT2D eigenvalue weighted by atomic mass is 32.2. The summed E-state index contributed by atoms with van der Waals surface area (Å²) in [6, 6.07) is 3.82. The summed E-state index contributed by atoms with van der Waals surface area (Å²) in [6.07, 6.45) is -2.45. The Bertz CT molecular complexity index is 1360. The van der Waals surface area contributed by atoms with Crippen molar-refractivity contribution < 1.29 is 27.6 Å². The number of nitrogen functional groups attached to an aromatic ring is 1. The van der Waals surface area contributed by atoms with Gasteiger partial charge < -0.3 is 20.7 Å². The number of benzene rings is 1. The normalized spacial score (nSPS) is 22.7. The first-order valence-corrected chi connectivity index (χ1v) is 13.8. The summed E-state index contributed by atoms with van der Waals surface area (Å²) in [5.41, 5.74) is 8.80. The van der Waals surface area contributed by atoms with E-state index < -0.39 is 41.3 Å². The molecule has 1 aromatic carbocycles. The van der Waals surface area contributed by atoms with Gasteiger partial charge in [0.15, 0.2) is 17.7 Å². The zero-order valence-electron chi connectivity index (χ0n) is 21.9. The van der Waals surface area contributed by atoms with Crippen molar-refractivity contribution in [3.05, 3.63) is 41.5 Å². The summed E-state index contributed by atoms with van der Waals surface area (Å²) in [7, 11) is -4.38. The third-order valence-corrected chi connectivity index (χ3v) is 8.16. The van der Waals surface area contributed by atoms with Crippen molar-refractivity contribution in [3.63, 3.8) is 0 Å². The first-order chi connectivity index (χ1) is 17.4. The maximum absolute atomic E-state index is 13.9. The molecule has 37 heavy (non-hydrogen) atoms. The highest BCUT2D eigenvalue weighted by Gasteiger charge is 2.48. The minimum atomic E-state index is -4.38. The third-order valence-electron chi connectivity index (χ3n) is 6.72. The van der Waals surface area contributed by atoms with Crippen molar-refractivity contribution in [2.75, 3.05) is 12.3 Å². The number of nitrogens with zero attached hydrogens (tertiary/aromatic N) is 4. The van der Waals surface area contributed by atoms with Crippen LogP contribution >= 0.6 is 0 Å². The Morgan fingerprint density at radius 2 is 1.68 bits per heavy atom. The molecule has 0 aliphatic carbocycles. The van der Waals surface area contributed by atoms with Crippen LogP contribution in [0.4, 0.5) is 5.82 Å². The summed E-state index contributed by atoms with van der Waals surface area (Å²) in [4.78, 5) is 12.3. The zero-order valence-corrected chi connectivity index (χ0v) is 22.7. The first-order valence-electron chi connectivity index (χ1n) is 12.4. The summed E-state index contributed by atoms with van der Waals surface area (Å²) in [5, 5.41) is 21.2. The predicted octanol–water partition coefficient (Wildman–Crippen LogP) is 2.80. The SMILES string of the molecule is CC(C)c1cc(C(C)C)c(S(=O)(=O)O[C@H]2[C@@H](O)[C@H](n3cnc4c(N)ncnc43)O[C@@H]2CO)c(C(C)C)c1. The van der Waals surface area contributed by atoms with E-state index in [0.29, 0.717) is 22.3 Å². The average molecular weight is 534 g/mol. The van der Waals surface area contributed by atoms with E-state index in [4.69, 9.17) is 14.7 Å². The van der Waals surface area contributed by atoms with Gasteiger partial charge in [0, 0.05) is 0 Å². The van der Waals surface area contributed by atoms with Crippen LogP contribution in [0.25, 0.3) is 11.2 Å². The lowest BCUT2D eigenvalue weighted by Crippen LogP contribution is -2.38. The van der Waals surface area contributed by atoms with E-state index in [2.05, 4.69) is 28.8 Å². The minimum absolute atomic E-state index is 0.0989. The Kier molecular flexibility index (Phi) is 7.59. The van der Waals surface area contributed by atoms with Crippen LogP contribution in [0.3, 0.4) is 0 Å². The van der Waals surface area contributed by atoms with Crippen molar-refractivity contribution in [1.29, 1.82) is 0 Å². The van der Waals surface area contributed by atoms with Crippen molar-refractivity contribution in [3.8, 4) is 0 Å². The van der Waals surface area contributed by atoms with Crippen LogP contribution in [-0.4, -0.2) is 63.1 Å². The van der Waals surface area contributed by atoms with Gasteiger partial charge in [-0.05, 0) is 34.4 Å². The van der Waals surface area contributed by atoms with E-state index in [1.165, 1.54) is 17.2 Å². The summed E-state index contributed by atoms with van der Waals surface area (Å²) < 4.78 is 40.7. The molecule has 4 N–H and O–H groups in total. The van der Waals surface area contributed by atoms with Gasteiger partial charge in [-0.2, -0.15) is 8.42 Å². The molecule has 202 valence electrons. The van der Waals surface area contributed by atoms with Crippen LogP contribution in [0.5, 0.6) is 0 Å². The predicted molar refractivity (Wildman–Crippen MR) is 138 cm³/mol. The fraction of sp³-hybridized carbons (Fsp3) is 0.560. The Hall–Kier alpha value is -2.64. The second-order valence-corrected chi connectivity index (χ2v) is 11.8. The van der Waals surface area contributed by atoms with Gasteiger partial charge in [0.2, 0.25) is 0 Å². The van der Waals surface area contributed by atoms with E-state index in [0.717, 1.165) is 5.56 Å². The van der Waals surface area contributed by atoms with E-state index in [-0.39, 0.29) is 28.5 Å². The van der Waals surface area contributed by atoms with Crippen molar-refractivity contribution in [2.24, 2.45) is 0 Å². The van der Waals surface area contributed by atoms with Crippen molar-refractivity contribution >= 4 is 27.1 Å². The lowest BCUT2D eigenvalue weighted by atomic mass is 9.89. The Balaban J connectivity index is 1.75. The van der Waals surface area contributed by atoms with Crippen molar-refractivity contribution in [2.45, 2.75) is 88.7 Å². The van der Waals surface area contributed by atoms with Crippen LogP contribution in [0, 0.1) is 0 Å². The van der Waals surface area contributed by atoms with Gasteiger partial charge in [-0.15, -0.1) is 0 Å². The second kappa shape index (κ2) is 10.3. The maximum Gasteiger partial charge on any atom is 0.298 e. The molecule has 0 amide bonds. The second-order valence-electron chi connectivity index (χ2n) is 10.3. The molecule has 11 nitrogen and oxygen atoms in total. The molecule has 1 aliphatic rings. The maximum atomic E-state index is 13.9. The number of ether oxygens (including phenoxy) is 1. The van der Waals surface area contributed by atoms with E-state index in [1.807, 2.05) is 39.8 Å². The summed E-state index contributed by atoms with van der Waals surface area (Å²) in [6.45, 7) is 11.3. The third kappa shape index (κ3) is 4.96. The number of hydrogen-bond acceptors (Lipinski definition) is 10. The molecule has 0 unspecified atom stereocenters. The van der Waals surface area contributed by atoms with Gasteiger partial charge in [0.05, 0.1) is 12.9 Å². The molecule has 4 atom stereocenters. The molecule has 4 rings (SSSR count). The van der Waals surface area contributed by atoms with Gasteiger partial charge in [0.1, 0.15) is 35.1 Å². The number of anilines is 1. The molecule has 1 fully saturated rings. The van der Waals surface area contributed by atoms with Gasteiger partial charge in [-0.3, -0.25) is 8.75 Å². The fourth-order valence-electron chi connectivity index (χ4n) is 4.64. The van der Waals surface area contributed by atoms with Gasteiger partial charge >= 0.3 is 0 Å². The lowest BCUT2D eigenvalue weighted by molar-refractivity contribution is -0.0502. The quantitative estimate of drug-likeness (QED) is 0.367. The fourth-order valence-corrected chi connectivity index (χ4v) is 6.44. The molecule has 0 saturated carbocycles. The van der Waals surface area contributed by atoms with E-state index >= 15 is 0 Å². The minimum Gasteiger partial charge on any atom is -0.394 e. The molecule has 0 spiro atoms. The molecular weight excluding hydrogens is 498 g/mol. The van der Waals surface area contributed by atoms with Crippen LogP contribution in [0.2, 0.25) is 0 Å². The smallest absolute Gasteiger partial charge is 0.298 e. The average Bonchev–Trinajstić information content (AvgIpc) is 3.39. The molecule has 0 radical (unpaired) electrons. The molecular formula is C25H35N5O6S. The summed E-state index contributed by atoms with van der Waals surface area (Å²) >= 11 is 0. The van der Waals surface area contributed by atoms with E-state index in [1.54, 1.807) is 0 Å². The molecule has 1 aliphatic heterocycles. The van der Waals surface area contributed by atoms with E-state index in [9.17, 15) is 18.6 Å². The number of aliphatic hydroxyl groups excluding tert-OH is 2. The molecule has 12 heteroatoms. The number of imidazole rings is 1. The van der Waals surface area contributed by atoms with Crippen LogP contribution in [0.1, 0.15) is 82.2 Å². The van der Waals surface area contributed by atoms with Gasteiger partial charge in [-0.1, -0.05) is 53.7 Å². The number of hydrogen-bond donors (Lipinski definition) is 3. The summed E-state index contributed by atoms with van der Waals surface area (Å²) in [5.74, 6) is 0.161. The molecule has 2 aromatic heterocycles. The Morgan fingerprint density at radius 3 is 2.22 bits per heavy atom. The Morgan fingerprint density at radius 1 is 1.05 bits per heavy atom. The van der Waals surface area contributed by atoms with Gasteiger partial charge in [-0.25, -0.2) is 15.0 Å². The number of aromatic nitrogens is 4. The highest BCUT2D eigenvalue weighted by molar-refractivity contribution is 7.86. The largest absolute Gasteiger partial charge is 0.394 e. The lowest BCUT2D eigenvalue weighted by Gasteiger charge is -2.25. The van der Waals surface area contributed by atoms with Crippen LogP contribution in [0.15, 0.2) is 29.7 Å². The van der Waals surface area contributed by atoms with Crippen LogP contribution in [-0.2, 0) is 19.0 Å².